The van der Waals surface area contributed by atoms with E-state index in [-0.39, 0.29) is 91.6 Å². The van der Waals surface area contributed by atoms with Crippen molar-refractivity contribution in [2.75, 3.05) is 25.0 Å². The number of nitrogens with zero attached hydrogens (tertiary/aromatic N) is 1. The monoisotopic (exact) mass is 473 g/mol. The van der Waals surface area contributed by atoms with E-state index in [1.807, 2.05) is 0 Å². The van der Waals surface area contributed by atoms with Gasteiger partial charge in [0, 0.05) is 38.0 Å². The minimum Gasteiger partial charge on any atom is -0.673 e. The number of hydrogen-bond acceptors (Lipinski definition) is 7. The molecule has 0 unspecified atom stereocenters. The van der Waals surface area contributed by atoms with E-state index in [0.717, 1.165) is 0 Å². The Hall–Kier alpha value is -0.478. The van der Waals surface area contributed by atoms with E-state index in [1.54, 1.807) is 0 Å². The molecule has 1 aromatic rings. The summed E-state index contributed by atoms with van der Waals surface area (Å²) < 4.78 is 0. The van der Waals surface area contributed by atoms with Gasteiger partial charge in [0.1, 0.15) is 0 Å². The van der Waals surface area contributed by atoms with Crippen molar-refractivity contribution in [3.8, 4) is 0 Å². The van der Waals surface area contributed by atoms with Crippen LogP contribution in [0.5, 0.6) is 0 Å². The summed E-state index contributed by atoms with van der Waals surface area (Å²) >= 11 is 0. The second-order valence-electron chi connectivity index (χ2n) is 3.90. The smallest absolute Gasteiger partial charge is 0.673 e. The standard InChI is InChI=1S/C9H10N2O3.C4H7N2O3.2Na.Pd/c10-8(12)5-11-7-3-1-6(2-4-7)9(13)14;5-1-3(7)6-2-4(8)9;;;/h1-4,11H,5H2,(H3,10,12,13,14);5H,1-2H2,(H2,6,7,8,9);;;/q;-1;2*+1;/p-4. The average molecular weight is 474 g/mol. The van der Waals surface area contributed by atoms with Crippen LogP contribution in [0.2, 0.25) is 0 Å². The molecule has 1 aromatic carbocycles. The van der Waals surface area contributed by atoms with E-state index in [1.165, 1.54) is 24.3 Å². The summed E-state index contributed by atoms with van der Waals surface area (Å²) in [6.45, 7) is -1.24. The van der Waals surface area contributed by atoms with Crippen LogP contribution in [0.1, 0.15) is 10.4 Å². The second-order valence-corrected chi connectivity index (χ2v) is 3.90. The molecule has 10 nitrogen and oxygen atoms in total. The van der Waals surface area contributed by atoms with Crippen molar-refractivity contribution in [1.29, 1.82) is 0 Å². The van der Waals surface area contributed by atoms with Crippen molar-refractivity contribution < 1.29 is 109 Å². The van der Waals surface area contributed by atoms with E-state index < -0.39 is 36.8 Å². The fourth-order valence-corrected chi connectivity index (χ4v) is 1.12. The second kappa shape index (κ2) is 19.3. The van der Waals surface area contributed by atoms with Crippen LogP contribution >= 0.6 is 0 Å². The first-order valence-electron chi connectivity index (χ1n) is 6.10. The number of nitrogens with one attached hydrogen (secondary N) is 3. The molecule has 0 aliphatic carbocycles. The number of carbonyl (C=O) groups is 4. The van der Waals surface area contributed by atoms with E-state index in [4.69, 9.17) is 11.5 Å². The Labute approximate surface area is 208 Å². The van der Waals surface area contributed by atoms with E-state index in [0.29, 0.717) is 5.69 Å². The zero-order chi connectivity index (χ0) is 17.8. The molecule has 0 aliphatic heterocycles. The zero-order valence-corrected chi connectivity index (χ0v) is 19.7. The molecule has 0 bridgehead atoms. The molecular formula is C13H13N4Na2O6Pd-3. The predicted octanol–water partition coefficient (Wildman–Crippen LogP) is -7.26. The zero-order valence-electron chi connectivity index (χ0n) is 14.1. The third-order valence-corrected chi connectivity index (χ3v) is 2.11. The largest absolute Gasteiger partial charge is 1.00 e. The number of aromatic carboxylic acids is 1. The summed E-state index contributed by atoms with van der Waals surface area (Å²) in [7, 11) is 0. The first kappa shape index (κ1) is 33.1. The van der Waals surface area contributed by atoms with Gasteiger partial charge in [-0.1, -0.05) is 18.7 Å². The molecule has 1 rings (SSSR count). The Morgan fingerprint density at radius 3 is 1.88 bits per heavy atom. The number of carbonyl (C=O) groups excluding carboxylic acids is 4. The van der Waals surface area contributed by atoms with Gasteiger partial charge < -0.3 is 51.5 Å². The van der Waals surface area contributed by atoms with Crippen LogP contribution in [-0.4, -0.2) is 43.4 Å². The molecule has 0 saturated carbocycles. The molecule has 0 fully saturated rings. The van der Waals surface area contributed by atoms with Crippen LogP contribution in [0.3, 0.4) is 0 Å². The Kier molecular flexibility index (Phi) is 24.6. The van der Waals surface area contributed by atoms with Gasteiger partial charge in [-0.15, -0.1) is 6.54 Å². The van der Waals surface area contributed by atoms with Gasteiger partial charge in [-0.05, 0) is 17.7 Å². The first-order chi connectivity index (χ1) is 10.8. The van der Waals surface area contributed by atoms with Crippen molar-refractivity contribution in [1.82, 2.24) is 0 Å². The molecule has 0 saturated heterocycles. The minimum absolute atomic E-state index is 0. The van der Waals surface area contributed by atoms with Crippen molar-refractivity contribution in [3.05, 3.63) is 46.6 Å². The van der Waals surface area contributed by atoms with Crippen molar-refractivity contribution in [2.24, 2.45) is 0 Å². The summed E-state index contributed by atoms with van der Waals surface area (Å²) in [5, 5.41) is 25.6. The Morgan fingerprint density at radius 1 is 1.04 bits per heavy atom. The summed E-state index contributed by atoms with van der Waals surface area (Å²) in [6.07, 6.45) is 0. The van der Waals surface area contributed by atoms with Crippen LogP contribution in [0.4, 0.5) is 5.69 Å². The van der Waals surface area contributed by atoms with Crippen molar-refractivity contribution >= 4 is 29.4 Å². The molecule has 0 atom stereocenters. The number of anilines is 1. The maximum absolute atomic E-state index is 10.4. The van der Waals surface area contributed by atoms with Gasteiger partial charge >= 0.3 is 59.1 Å². The number of benzene rings is 1. The normalized spacial score (nSPS) is 8.04. The summed E-state index contributed by atoms with van der Waals surface area (Å²) in [5.74, 6) is -4.11. The number of carboxylic acids is 2. The fourth-order valence-electron chi connectivity index (χ4n) is 1.12. The van der Waals surface area contributed by atoms with Gasteiger partial charge in [-0.2, -0.15) is 0 Å². The predicted molar refractivity (Wildman–Crippen MR) is 76.0 cm³/mol. The molecule has 3 N–H and O–H groups in total. The summed E-state index contributed by atoms with van der Waals surface area (Å²) in [5.41, 5.74) is 13.7. The van der Waals surface area contributed by atoms with Gasteiger partial charge in [-0.25, -0.2) is 0 Å². The van der Waals surface area contributed by atoms with Crippen LogP contribution in [0, 0.1) is 0 Å². The number of carboxylic acid groups (broad SMARTS) is 2. The SMILES string of the molecule is [NH-]C(=O)CNc1ccc(C(=O)[O-])cc1.[NH-]CC(=O)[N-]CC(=O)[O-].[Na+].[Na+].[Pd]. The molecule has 13 heteroatoms. The summed E-state index contributed by atoms with van der Waals surface area (Å²) in [6, 6.07) is 5.75. The van der Waals surface area contributed by atoms with E-state index >= 15 is 0 Å². The summed E-state index contributed by atoms with van der Waals surface area (Å²) in [4.78, 5) is 40.3. The molecule has 26 heavy (non-hydrogen) atoms. The van der Waals surface area contributed by atoms with Crippen LogP contribution in [-0.2, 0) is 34.8 Å². The van der Waals surface area contributed by atoms with Gasteiger partial charge in [0.05, 0.1) is 18.4 Å². The van der Waals surface area contributed by atoms with Crippen molar-refractivity contribution in [3.63, 3.8) is 0 Å². The Bertz CT molecular complexity index is 574. The molecule has 0 aliphatic rings. The van der Waals surface area contributed by atoms with Crippen LogP contribution < -0.4 is 74.6 Å². The topological polar surface area (TPSA) is 188 Å². The third-order valence-electron chi connectivity index (χ3n) is 2.11. The van der Waals surface area contributed by atoms with Gasteiger partial charge in [0.15, 0.2) is 0 Å². The molecule has 0 heterocycles. The van der Waals surface area contributed by atoms with Gasteiger partial charge in [0.25, 0.3) is 0 Å². The molecule has 136 valence electrons. The average Bonchev–Trinajstić information content (AvgIpc) is 2.51. The quantitative estimate of drug-likeness (QED) is 0.380. The van der Waals surface area contributed by atoms with Crippen LogP contribution in [0.15, 0.2) is 24.3 Å². The van der Waals surface area contributed by atoms with Gasteiger partial charge in [0.2, 0.25) is 0 Å². The first-order valence-corrected chi connectivity index (χ1v) is 6.10. The number of aliphatic carboxylic acids is 1. The fraction of sp³-hybridized carbons (Fsp3) is 0.231. The Morgan fingerprint density at radius 2 is 1.54 bits per heavy atom. The van der Waals surface area contributed by atoms with E-state index in [9.17, 15) is 29.4 Å². The maximum atomic E-state index is 10.4. The Balaban J connectivity index is -0.000000180. The molecular weight excluding hydrogens is 461 g/mol. The van der Waals surface area contributed by atoms with Gasteiger partial charge in [-0.3, -0.25) is 0 Å². The number of amides is 2. The molecule has 0 aromatic heterocycles. The number of hydrogen-bond donors (Lipinski definition) is 1. The molecule has 0 spiro atoms. The minimum atomic E-state index is -1.41. The van der Waals surface area contributed by atoms with Crippen LogP contribution in [0.25, 0.3) is 16.8 Å². The molecule has 0 radical (unpaired) electrons. The van der Waals surface area contributed by atoms with E-state index in [2.05, 4.69) is 10.6 Å². The van der Waals surface area contributed by atoms with Crippen molar-refractivity contribution in [2.45, 2.75) is 0 Å². The third kappa shape index (κ3) is 18.3. The molecule has 2 amide bonds. The number of rotatable bonds is 7. The maximum Gasteiger partial charge on any atom is 1.00 e.